The van der Waals surface area contributed by atoms with Crippen LogP contribution in [-0.4, -0.2) is 27.3 Å². The number of hydrogen-bond acceptors (Lipinski definition) is 6. The normalized spacial score (nSPS) is 10.1. The van der Waals surface area contributed by atoms with Crippen LogP contribution in [0, 0.1) is 0 Å². The van der Waals surface area contributed by atoms with Gasteiger partial charge in [-0.25, -0.2) is 9.59 Å². The van der Waals surface area contributed by atoms with Gasteiger partial charge in [-0.15, -0.1) is 0 Å². The van der Waals surface area contributed by atoms with E-state index < -0.39 is 17.7 Å². The van der Waals surface area contributed by atoms with Crippen molar-refractivity contribution in [2.24, 2.45) is 0 Å². The number of ether oxygens (including phenoxy) is 1. The molecule has 2 rings (SSSR count). The average molecular weight is 289 g/mol. The summed E-state index contributed by atoms with van der Waals surface area (Å²) in [6, 6.07) is 7.22. The lowest BCUT2D eigenvalue weighted by atomic mass is 10.1. The Bertz CT molecular complexity index is 725. The Kier molecular flexibility index (Phi) is 3.66. The minimum Gasteiger partial charge on any atom is -0.507 e. The Hall–Kier alpha value is -3.22. The van der Waals surface area contributed by atoms with E-state index >= 15 is 0 Å². The molecular weight excluding hydrogens is 278 g/mol. The molecule has 0 aliphatic carbocycles. The first-order chi connectivity index (χ1) is 9.88. The molecule has 0 bridgehead atoms. The lowest BCUT2D eigenvalue weighted by Crippen LogP contribution is -2.09. The number of nitrogen functional groups attached to an aromatic ring is 1. The monoisotopic (exact) mass is 289 g/mol. The van der Waals surface area contributed by atoms with Crippen LogP contribution in [0.2, 0.25) is 0 Å². The van der Waals surface area contributed by atoms with Gasteiger partial charge in [0.25, 0.3) is 0 Å². The minimum absolute atomic E-state index is 0.0567. The number of phenolic OH excluding ortho intramolecular Hbond substituents is 1. The van der Waals surface area contributed by atoms with Crippen LogP contribution in [0.5, 0.6) is 17.2 Å². The third kappa shape index (κ3) is 3.03. The first kappa shape index (κ1) is 14.2. The summed E-state index contributed by atoms with van der Waals surface area (Å²) in [6.07, 6.45) is 0. The van der Waals surface area contributed by atoms with Gasteiger partial charge in [-0.2, -0.15) is 0 Å². The van der Waals surface area contributed by atoms with Crippen molar-refractivity contribution in [3.05, 3.63) is 47.5 Å². The fraction of sp³-hybridized carbons (Fsp3) is 0. The molecule has 0 amide bonds. The smallest absolute Gasteiger partial charge is 0.347 e. The first-order valence-corrected chi connectivity index (χ1v) is 5.75. The van der Waals surface area contributed by atoms with Gasteiger partial charge in [0.1, 0.15) is 28.4 Å². The van der Waals surface area contributed by atoms with Gasteiger partial charge in [0, 0.05) is 17.8 Å². The molecule has 0 unspecified atom stereocenters. The number of hydrogen-bond donors (Lipinski definition) is 4. The lowest BCUT2D eigenvalue weighted by Gasteiger charge is -2.07. The minimum atomic E-state index is -1.30. The lowest BCUT2D eigenvalue weighted by molar-refractivity contribution is 0.0693. The molecule has 2 aromatic rings. The molecule has 0 fully saturated rings. The number of carboxylic acids is 1. The Morgan fingerprint density at radius 1 is 0.952 bits per heavy atom. The highest BCUT2D eigenvalue weighted by molar-refractivity contribution is 5.95. The van der Waals surface area contributed by atoms with Gasteiger partial charge in [-0.1, -0.05) is 0 Å². The summed E-state index contributed by atoms with van der Waals surface area (Å²) in [4.78, 5) is 22.6. The number of esters is 1. The molecule has 5 N–H and O–H groups in total. The van der Waals surface area contributed by atoms with Crippen LogP contribution in [0.4, 0.5) is 5.69 Å². The van der Waals surface area contributed by atoms with Crippen LogP contribution in [-0.2, 0) is 0 Å². The second kappa shape index (κ2) is 5.41. The maximum atomic E-state index is 11.9. The van der Waals surface area contributed by atoms with Gasteiger partial charge in [0.2, 0.25) is 0 Å². The maximum absolute atomic E-state index is 11.9. The van der Waals surface area contributed by atoms with E-state index in [1.165, 1.54) is 24.3 Å². The summed E-state index contributed by atoms with van der Waals surface area (Å²) in [5.41, 5.74) is 5.31. The van der Waals surface area contributed by atoms with Gasteiger partial charge in [-0.3, -0.25) is 0 Å². The molecule has 7 heteroatoms. The molecule has 21 heavy (non-hydrogen) atoms. The molecule has 0 spiro atoms. The van der Waals surface area contributed by atoms with Crippen LogP contribution in [0.25, 0.3) is 0 Å². The van der Waals surface area contributed by atoms with E-state index in [1.807, 2.05) is 0 Å². The van der Waals surface area contributed by atoms with E-state index in [0.29, 0.717) is 0 Å². The molecular formula is C14H11NO6. The van der Waals surface area contributed by atoms with Crippen molar-refractivity contribution in [1.29, 1.82) is 0 Å². The predicted octanol–water partition coefficient (Wildman–Crippen LogP) is 1.60. The average Bonchev–Trinajstić information content (AvgIpc) is 2.37. The molecule has 108 valence electrons. The predicted molar refractivity (Wildman–Crippen MR) is 72.5 cm³/mol. The second-order valence-corrected chi connectivity index (χ2v) is 4.15. The number of benzene rings is 2. The number of carboxylic acid groups (broad SMARTS) is 1. The Morgan fingerprint density at radius 3 is 2.14 bits per heavy atom. The highest BCUT2D eigenvalue weighted by atomic mass is 16.5. The largest absolute Gasteiger partial charge is 0.507 e. The molecule has 0 aromatic heterocycles. The van der Waals surface area contributed by atoms with Gasteiger partial charge >= 0.3 is 11.9 Å². The van der Waals surface area contributed by atoms with Crippen LogP contribution < -0.4 is 10.5 Å². The maximum Gasteiger partial charge on any atom is 0.347 e. The van der Waals surface area contributed by atoms with Gasteiger partial charge < -0.3 is 25.8 Å². The van der Waals surface area contributed by atoms with E-state index in [2.05, 4.69) is 0 Å². The summed E-state index contributed by atoms with van der Waals surface area (Å²) in [5, 5.41) is 27.9. The van der Waals surface area contributed by atoms with Gasteiger partial charge in [0.15, 0.2) is 0 Å². The molecule has 7 nitrogen and oxygen atoms in total. The van der Waals surface area contributed by atoms with Crippen molar-refractivity contribution in [1.82, 2.24) is 0 Å². The summed E-state index contributed by atoms with van der Waals surface area (Å²) in [6.45, 7) is 0. The summed E-state index contributed by atoms with van der Waals surface area (Å²) < 4.78 is 4.94. The van der Waals surface area contributed by atoms with Crippen molar-refractivity contribution < 1.29 is 29.6 Å². The third-order valence-electron chi connectivity index (χ3n) is 2.65. The summed E-state index contributed by atoms with van der Waals surface area (Å²) >= 11 is 0. The van der Waals surface area contributed by atoms with Crippen LogP contribution in [0.3, 0.4) is 0 Å². The fourth-order valence-electron chi connectivity index (χ4n) is 1.64. The Morgan fingerprint density at radius 2 is 1.57 bits per heavy atom. The third-order valence-corrected chi connectivity index (χ3v) is 2.65. The van der Waals surface area contributed by atoms with Gasteiger partial charge in [-0.05, 0) is 24.3 Å². The second-order valence-electron chi connectivity index (χ2n) is 4.15. The van der Waals surface area contributed by atoms with Crippen LogP contribution in [0.15, 0.2) is 36.4 Å². The SMILES string of the molecule is Nc1ccc(C(=O)Oc2ccc(C(=O)O)c(O)c2)c(O)c1. The number of anilines is 1. The molecule has 0 heterocycles. The zero-order valence-corrected chi connectivity index (χ0v) is 10.6. The van der Waals surface area contributed by atoms with E-state index in [0.717, 1.165) is 12.1 Å². The van der Waals surface area contributed by atoms with Crippen molar-refractivity contribution in [2.45, 2.75) is 0 Å². The number of nitrogens with two attached hydrogens (primary N) is 1. The topological polar surface area (TPSA) is 130 Å². The Balaban J connectivity index is 2.23. The zero-order valence-electron chi connectivity index (χ0n) is 10.6. The number of carbonyl (C=O) groups is 2. The number of aromatic carboxylic acids is 1. The summed E-state index contributed by atoms with van der Waals surface area (Å²) in [7, 11) is 0. The fourth-order valence-corrected chi connectivity index (χ4v) is 1.64. The summed E-state index contributed by atoms with van der Waals surface area (Å²) in [5.74, 6) is -3.10. The van der Waals surface area contributed by atoms with E-state index in [-0.39, 0.29) is 28.3 Å². The van der Waals surface area contributed by atoms with E-state index in [1.54, 1.807) is 0 Å². The molecule has 0 aliphatic rings. The molecule has 0 saturated heterocycles. The standard InChI is InChI=1S/C14H11NO6/c15-7-1-3-10(11(16)5-7)14(20)21-8-2-4-9(13(18)19)12(17)6-8/h1-6,16-17H,15H2,(H,18,19). The van der Waals surface area contributed by atoms with Crippen molar-refractivity contribution in [3.8, 4) is 17.2 Å². The molecule has 0 aliphatic heterocycles. The van der Waals surface area contributed by atoms with E-state index in [4.69, 9.17) is 15.6 Å². The zero-order chi connectivity index (χ0) is 15.6. The quantitative estimate of drug-likeness (QED) is 0.383. The molecule has 0 atom stereocenters. The number of aromatic hydroxyl groups is 2. The van der Waals surface area contributed by atoms with Crippen molar-refractivity contribution in [3.63, 3.8) is 0 Å². The molecule has 0 radical (unpaired) electrons. The molecule has 0 saturated carbocycles. The van der Waals surface area contributed by atoms with Crippen molar-refractivity contribution >= 4 is 17.6 Å². The van der Waals surface area contributed by atoms with Crippen LogP contribution >= 0.6 is 0 Å². The Labute approximate surface area is 118 Å². The van der Waals surface area contributed by atoms with Crippen LogP contribution in [0.1, 0.15) is 20.7 Å². The number of rotatable bonds is 3. The van der Waals surface area contributed by atoms with Gasteiger partial charge in [0.05, 0.1) is 0 Å². The first-order valence-electron chi connectivity index (χ1n) is 5.75. The molecule has 2 aromatic carbocycles. The highest BCUT2D eigenvalue weighted by Crippen LogP contribution is 2.26. The number of carbonyl (C=O) groups excluding carboxylic acids is 1. The van der Waals surface area contributed by atoms with Crippen molar-refractivity contribution in [2.75, 3.05) is 5.73 Å². The number of phenols is 2. The highest BCUT2D eigenvalue weighted by Gasteiger charge is 2.16. The van der Waals surface area contributed by atoms with E-state index in [9.17, 15) is 19.8 Å².